The van der Waals surface area contributed by atoms with Crippen LogP contribution in [0.3, 0.4) is 0 Å². The number of aliphatic carboxylic acids is 3. The predicted octanol–water partition coefficient (Wildman–Crippen LogP) is -7.62. The molecule has 2 aromatic heterocycles. The van der Waals surface area contributed by atoms with Gasteiger partial charge in [0.2, 0.25) is 70.9 Å². The number of amides is 12. The minimum atomic E-state index is -2.04. The molecule has 0 aliphatic rings. The van der Waals surface area contributed by atoms with E-state index >= 15 is 0 Å². The number of hydrogen-bond donors (Lipinski definition) is 22. The zero-order chi connectivity index (χ0) is 73.8. The molecule has 0 spiro atoms. The maximum absolute atomic E-state index is 14.1. The molecule has 12 atom stereocenters. The standard InChI is InChI=1S/C59H96N18O21/c1-7-31(6)48(77-56(94)42(26-80)75-55(93)41(25-79)74-51(89)36(18-29(2)3)71-49(87)34(10-8-9-15-60)69-52(90)37(67-43(81)13-16-61)19-32-22-62-27-65-32)58(96)70-35(11-12-45(83)84)50(88)73-40(24-78)54(92)72-38(21-46(85)86)53(91)76-47(30(4)5)57(95)64-17-14-44(82)68-39(59(97)98)20-33-23-63-28-66-33/h22-23,27-31,34-42,47-48,78-80H,7-21,24-26,60-61H2,1-6H3,(H,62,65)(H,63,66)(H,64,95)(H,67,81)(H,68,82)(H,69,90)(H,70,96)(H,71,87)(H,72,92)(H,73,88)(H,74,89)(H,75,93)(H,76,91)(H,77,94)(H,83,84)(H,85,86)(H,97,98)/t31-,34-,35-,36-,37-,38-,39-,40-,41-,42-,47-,48-/m0/s1. The fourth-order valence-electron chi connectivity index (χ4n) is 9.32. The highest BCUT2D eigenvalue weighted by Gasteiger charge is 2.38. The van der Waals surface area contributed by atoms with Gasteiger partial charge in [0, 0.05) is 69.0 Å². The molecule has 2 aromatic rings. The van der Waals surface area contributed by atoms with Crippen molar-refractivity contribution in [2.75, 3.05) is 39.5 Å². The molecule has 98 heavy (non-hydrogen) atoms. The van der Waals surface area contributed by atoms with E-state index in [2.05, 4.69) is 83.7 Å². The van der Waals surface area contributed by atoms with E-state index in [4.69, 9.17) is 11.5 Å². The molecule has 0 aromatic carbocycles. The van der Waals surface area contributed by atoms with Gasteiger partial charge < -0.3 is 116 Å². The zero-order valence-electron chi connectivity index (χ0n) is 55.5. The highest BCUT2D eigenvalue weighted by molar-refractivity contribution is 6.00. The third kappa shape index (κ3) is 30.6. The quantitative estimate of drug-likeness (QED) is 0.0274. The van der Waals surface area contributed by atoms with Crippen molar-refractivity contribution in [3.8, 4) is 0 Å². The molecule has 39 nitrogen and oxygen atoms in total. The van der Waals surface area contributed by atoms with Gasteiger partial charge in [-0.3, -0.25) is 67.1 Å². The molecular weight excluding hydrogens is 1300 g/mol. The Morgan fingerprint density at radius 3 is 1.34 bits per heavy atom. The van der Waals surface area contributed by atoms with Crippen LogP contribution >= 0.6 is 0 Å². The van der Waals surface area contributed by atoms with Crippen molar-refractivity contribution >= 4 is 88.8 Å². The Bertz CT molecular complexity index is 2970. The fraction of sp³-hybridized carbons (Fsp3) is 0.644. The number of unbranched alkanes of at least 4 members (excludes halogenated alkanes) is 1. The number of imidazole rings is 2. The van der Waals surface area contributed by atoms with E-state index in [1.54, 1.807) is 20.8 Å². The number of carboxylic acid groups (broad SMARTS) is 3. The number of nitrogens with zero attached hydrogens (tertiary/aromatic N) is 2. The maximum atomic E-state index is 14.1. The maximum Gasteiger partial charge on any atom is 0.326 e. The first kappa shape index (κ1) is 84.4. The first-order valence-corrected chi connectivity index (χ1v) is 31.8. The average Bonchev–Trinajstić information content (AvgIpc) is 1.01. The van der Waals surface area contributed by atoms with Crippen LogP contribution in [-0.2, 0) is 84.8 Å². The lowest BCUT2D eigenvalue weighted by atomic mass is 9.97. The van der Waals surface area contributed by atoms with E-state index in [0.29, 0.717) is 24.2 Å². The number of aromatic amines is 2. The summed E-state index contributed by atoms with van der Waals surface area (Å²) < 4.78 is 0. The average molecular weight is 1390 g/mol. The third-order valence-electron chi connectivity index (χ3n) is 15.0. The van der Waals surface area contributed by atoms with Crippen molar-refractivity contribution in [1.29, 1.82) is 0 Å². The molecule has 2 heterocycles. The topological polar surface area (TPSA) is 631 Å². The molecule has 2 rings (SSSR count). The molecule has 0 saturated carbocycles. The van der Waals surface area contributed by atoms with Gasteiger partial charge in [-0.05, 0) is 56.4 Å². The van der Waals surface area contributed by atoms with Crippen LogP contribution in [0, 0.1) is 17.8 Å². The monoisotopic (exact) mass is 1390 g/mol. The number of hydrogen-bond acceptors (Lipinski definition) is 22. The van der Waals surface area contributed by atoms with Crippen LogP contribution < -0.4 is 75.3 Å². The van der Waals surface area contributed by atoms with Gasteiger partial charge in [-0.1, -0.05) is 48.0 Å². The Kier molecular flexibility index (Phi) is 38.0. The predicted molar refractivity (Wildman–Crippen MR) is 342 cm³/mol. The first-order valence-electron chi connectivity index (χ1n) is 31.8. The Morgan fingerprint density at radius 1 is 0.449 bits per heavy atom. The van der Waals surface area contributed by atoms with Crippen molar-refractivity contribution in [3.05, 3.63) is 36.4 Å². The smallest absolute Gasteiger partial charge is 0.326 e. The highest BCUT2D eigenvalue weighted by atomic mass is 16.4. The summed E-state index contributed by atoms with van der Waals surface area (Å²) in [5.41, 5.74) is 12.1. The molecule has 0 saturated heterocycles. The van der Waals surface area contributed by atoms with Crippen LogP contribution in [0.2, 0.25) is 0 Å². The van der Waals surface area contributed by atoms with Gasteiger partial charge >= 0.3 is 17.9 Å². The van der Waals surface area contributed by atoms with Crippen molar-refractivity contribution < 1.29 is 103 Å². The summed E-state index contributed by atoms with van der Waals surface area (Å²) >= 11 is 0. The van der Waals surface area contributed by atoms with Gasteiger partial charge in [0.15, 0.2) is 0 Å². The van der Waals surface area contributed by atoms with E-state index in [1.807, 2.05) is 0 Å². The van der Waals surface area contributed by atoms with Gasteiger partial charge in [-0.2, -0.15) is 0 Å². The Morgan fingerprint density at radius 2 is 0.878 bits per heavy atom. The highest BCUT2D eigenvalue weighted by Crippen LogP contribution is 2.13. The molecule has 548 valence electrons. The number of carboxylic acids is 3. The van der Waals surface area contributed by atoms with E-state index in [-0.39, 0.29) is 64.1 Å². The molecular formula is C59H96N18O21. The summed E-state index contributed by atoms with van der Waals surface area (Å²) in [6, 6.07) is -18.0. The van der Waals surface area contributed by atoms with Gasteiger partial charge in [-0.15, -0.1) is 0 Å². The number of carbonyl (C=O) groups is 15. The Balaban J connectivity index is 2.26. The minimum Gasteiger partial charge on any atom is -0.481 e. The van der Waals surface area contributed by atoms with Crippen molar-refractivity contribution in [3.63, 3.8) is 0 Å². The third-order valence-corrected chi connectivity index (χ3v) is 15.0. The normalized spacial score (nSPS) is 14.8. The second-order valence-electron chi connectivity index (χ2n) is 23.7. The number of rotatable bonds is 48. The molecule has 0 aliphatic carbocycles. The Labute approximate surface area is 563 Å². The molecule has 39 heteroatoms. The lowest BCUT2D eigenvalue weighted by Gasteiger charge is -2.29. The number of aliphatic hydroxyl groups excluding tert-OH is 3. The SMILES string of the molecule is CC[C@H](C)[C@H](NC(=O)[C@H](CO)NC(=O)[C@H](CO)NC(=O)[C@H](CC(C)C)NC(=O)[C@H](CCCCN)NC(=O)[C@H](Cc1cnc[nH]1)NC(=O)CCN)C(=O)N[C@@H](CCC(=O)O)C(=O)N[C@@H](CO)C(=O)N[C@@H](CC(=O)O)C(=O)N[C@H](C(=O)NCCC(=O)N[C@@H](Cc1cnc[nH]1)C(=O)O)C(C)C. The van der Waals surface area contributed by atoms with Crippen LogP contribution in [0.25, 0.3) is 0 Å². The van der Waals surface area contributed by atoms with Crippen LogP contribution in [0.4, 0.5) is 0 Å². The molecule has 0 aliphatic heterocycles. The van der Waals surface area contributed by atoms with Gasteiger partial charge in [0.05, 0.1) is 38.9 Å². The summed E-state index contributed by atoms with van der Waals surface area (Å²) in [6.07, 6.45) is 3.01. The van der Waals surface area contributed by atoms with Crippen LogP contribution in [0.15, 0.2) is 25.0 Å². The molecule has 0 bridgehead atoms. The number of H-pyrrole nitrogens is 2. The number of aliphatic hydroxyl groups is 3. The summed E-state index contributed by atoms with van der Waals surface area (Å²) in [6.45, 7) is 5.79. The van der Waals surface area contributed by atoms with E-state index in [9.17, 15) is 103 Å². The zero-order valence-corrected chi connectivity index (χ0v) is 55.5. The first-order chi connectivity index (χ1) is 46.3. The van der Waals surface area contributed by atoms with Crippen molar-refractivity contribution in [2.45, 2.75) is 185 Å². The lowest BCUT2D eigenvalue weighted by Crippen LogP contribution is -2.62. The number of nitrogens with two attached hydrogens (primary N) is 2. The second kappa shape index (κ2) is 44.2. The van der Waals surface area contributed by atoms with Crippen molar-refractivity contribution in [2.24, 2.45) is 29.2 Å². The van der Waals surface area contributed by atoms with Gasteiger partial charge in [-0.25, -0.2) is 14.8 Å². The number of carbonyl (C=O) groups excluding carboxylic acids is 12. The number of nitrogens with one attached hydrogen (secondary N) is 14. The van der Waals surface area contributed by atoms with E-state index in [0.717, 1.165) is 0 Å². The summed E-state index contributed by atoms with van der Waals surface area (Å²) in [7, 11) is 0. The summed E-state index contributed by atoms with van der Waals surface area (Å²) in [4.78, 5) is 212. The van der Waals surface area contributed by atoms with Gasteiger partial charge in [0.1, 0.15) is 66.5 Å². The van der Waals surface area contributed by atoms with E-state index in [1.165, 1.54) is 45.8 Å². The second-order valence-corrected chi connectivity index (χ2v) is 23.7. The van der Waals surface area contributed by atoms with Crippen LogP contribution in [0.5, 0.6) is 0 Å². The Hall–Kier alpha value is -9.73. The van der Waals surface area contributed by atoms with Crippen LogP contribution in [0.1, 0.15) is 117 Å². The lowest BCUT2D eigenvalue weighted by molar-refractivity contribution is -0.142. The van der Waals surface area contributed by atoms with E-state index < -0.39 is 213 Å². The molecule has 0 unspecified atom stereocenters. The van der Waals surface area contributed by atoms with Crippen LogP contribution in [-0.4, -0.2) is 245 Å². The molecule has 24 N–H and O–H groups in total. The fourth-order valence-corrected chi connectivity index (χ4v) is 9.32. The summed E-state index contributed by atoms with van der Waals surface area (Å²) in [5.74, 6) is -18.7. The minimum absolute atomic E-state index is 0.0157. The largest absolute Gasteiger partial charge is 0.481 e. The van der Waals surface area contributed by atoms with Gasteiger partial charge in [0.25, 0.3) is 0 Å². The molecule has 0 fully saturated rings. The molecule has 0 radical (unpaired) electrons. The van der Waals surface area contributed by atoms with Crippen molar-refractivity contribution in [1.82, 2.24) is 83.7 Å². The molecule has 12 amide bonds. The summed E-state index contributed by atoms with van der Waals surface area (Å²) in [5, 5.41) is 88.0. The number of aromatic nitrogens is 4.